The van der Waals surface area contributed by atoms with E-state index in [2.05, 4.69) is 5.32 Å². The summed E-state index contributed by atoms with van der Waals surface area (Å²) in [6, 6.07) is -0.134. The van der Waals surface area contributed by atoms with Gasteiger partial charge in [0.2, 0.25) is 0 Å². The van der Waals surface area contributed by atoms with Gasteiger partial charge in [0.1, 0.15) is 0 Å². The van der Waals surface area contributed by atoms with Gasteiger partial charge < -0.3 is 9.87 Å². The van der Waals surface area contributed by atoms with E-state index in [1.54, 1.807) is 0 Å². The largest absolute Gasteiger partial charge is 1.00 e. The molecule has 76 valence electrons. The van der Waals surface area contributed by atoms with Crippen molar-refractivity contribution in [1.82, 2.24) is 5.32 Å². The average molecular weight is 245 g/mol. The molecule has 1 aliphatic rings. The molecule has 0 radical (unpaired) electrons. The molecule has 1 N–H and O–H groups in total. The van der Waals surface area contributed by atoms with Crippen LogP contribution in [0.15, 0.2) is 0 Å². The summed E-state index contributed by atoms with van der Waals surface area (Å²) in [4.78, 5) is 10.7. The molecule has 0 spiro atoms. The summed E-state index contributed by atoms with van der Waals surface area (Å²) >= 11 is 0. The molecule has 0 aromatic carbocycles. The zero-order valence-corrected chi connectivity index (χ0v) is 12.1. The zero-order valence-electron chi connectivity index (χ0n) is 8.15. The Balaban J connectivity index is 0.00000169. The van der Waals surface area contributed by atoms with E-state index in [4.69, 9.17) is 0 Å². The molecule has 0 aliphatic heterocycles. The topological polar surface area (TPSA) is 86.3 Å². The minimum absolute atomic E-state index is 0. The average Bonchev–Trinajstić information content (AvgIpc) is 2.04. The standard InChI is InChI=1S/C7H13NO4S.K/c9-7(13(10,11)12)8-6-4-2-1-3-5-6;/h6H,1-5H2,(H,8,9)(H,10,11,12);/q;+1/p-1. The first kappa shape index (κ1) is 15.0. The van der Waals surface area contributed by atoms with Gasteiger partial charge in [0, 0.05) is 6.04 Å². The van der Waals surface area contributed by atoms with Gasteiger partial charge in [-0.1, -0.05) is 19.3 Å². The molecule has 5 nitrogen and oxygen atoms in total. The van der Waals surface area contributed by atoms with Crippen LogP contribution < -0.4 is 56.7 Å². The fourth-order valence-electron chi connectivity index (χ4n) is 1.49. The quantitative estimate of drug-likeness (QED) is 0.411. The molecule has 0 bridgehead atoms. The van der Waals surface area contributed by atoms with E-state index in [0.29, 0.717) is 0 Å². The number of nitrogens with one attached hydrogen (secondary N) is 1. The van der Waals surface area contributed by atoms with Crippen LogP contribution in [0.4, 0.5) is 4.79 Å². The molecule has 14 heavy (non-hydrogen) atoms. The van der Waals surface area contributed by atoms with Crippen LogP contribution >= 0.6 is 0 Å². The molecule has 0 heterocycles. The SMILES string of the molecule is O=C(NC1CCCCC1)S(=O)(=O)[O-].[K+]. The van der Waals surface area contributed by atoms with Crippen molar-refractivity contribution in [2.24, 2.45) is 0 Å². The molecule has 1 saturated carbocycles. The number of carbonyl (C=O) groups excluding carboxylic acids is 1. The Morgan fingerprint density at radius 2 is 1.71 bits per heavy atom. The van der Waals surface area contributed by atoms with Crippen LogP contribution in [0.25, 0.3) is 0 Å². The minimum Gasteiger partial charge on any atom is -0.740 e. The van der Waals surface area contributed by atoms with Crippen LogP contribution in [0.1, 0.15) is 32.1 Å². The van der Waals surface area contributed by atoms with Crippen molar-refractivity contribution in [2.75, 3.05) is 0 Å². The summed E-state index contributed by atoms with van der Waals surface area (Å²) in [5.74, 6) is 0. The fourth-order valence-corrected chi connectivity index (χ4v) is 1.80. The summed E-state index contributed by atoms with van der Waals surface area (Å²) in [5, 5.41) is 0.830. The van der Waals surface area contributed by atoms with Crippen molar-refractivity contribution in [1.29, 1.82) is 0 Å². The van der Waals surface area contributed by atoms with E-state index in [-0.39, 0.29) is 57.4 Å². The number of hydrogen-bond acceptors (Lipinski definition) is 4. The van der Waals surface area contributed by atoms with Gasteiger partial charge in [-0.2, -0.15) is 0 Å². The third kappa shape index (κ3) is 5.20. The Morgan fingerprint density at radius 1 is 1.21 bits per heavy atom. The zero-order chi connectivity index (χ0) is 9.90. The molecule has 0 atom stereocenters. The molecule has 1 amide bonds. The second-order valence-corrected chi connectivity index (χ2v) is 4.50. The number of hydrogen-bond donors (Lipinski definition) is 1. The number of amides is 1. The first-order valence-electron chi connectivity index (χ1n) is 4.26. The summed E-state index contributed by atoms with van der Waals surface area (Å²) in [6.07, 6.45) is 4.59. The van der Waals surface area contributed by atoms with Crippen LogP contribution in [0.5, 0.6) is 0 Å². The normalized spacial score (nSPS) is 18.4. The monoisotopic (exact) mass is 245 g/mol. The second kappa shape index (κ2) is 6.57. The van der Waals surface area contributed by atoms with Gasteiger partial charge in [-0.3, -0.25) is 4.79 Å². The van der Waals surface area contributed by atoms with Crippen molar-refractivity contribution in [3.63, 3.8) is 0 Å². The van der Waals surface area contributed by atoms with Gasteiger partial charge in [0.25, 0.3) is 0 Å². The van der Waals surface area contributed by atoms with E-state index in [0.717, 1.165) is 32.1 Å². The molecule has 1 aliphatic carbocycles. The van der Waals surface area contributed by atoms with Crippen molar-refractivity contribution in [3.8, 4) is 0 Å². The smallest absolute Gasteiger partial charge is 0.740 e. The van der Waals surface area contributed by atoms with Crippen LogP contribution in [-0.4, -0.2) is 24.3 Å². The van der Waals surface area contributed by atoms with E-state index in [9.17, 15) is 17.8 Å². The molecule has 0 saturated heterocycles. The Kier molecular flexibility index (Phi) is 7.04. The summed E-state index contributed by atoms with van der Waals surface area (Å²) in [6.45, 7) is 0. The number of carbonyl (C=O) groups is 1. The minimum atomic E-state index is -4.80. The van der Waals surface area contributed by atoms with Crippen molar-refractivity contribution >= 4 is 15.4 Å². The van der Waals surface area contributed by atoms with Gasteiger partial charge in [-0.05, 0) is 12.8 Å². The number of rotatable bonds is 1. The van der Waals surface area contributed by atoms with E-state index in [1.165, 1.54) is 0 Å². The fraction of sp³-hybridized carbons (Fsp3) is 0.857. The van der Waals surface area contributed by atoms with Gasteiger partial charge in [0.05, 0.1) is 0 Å². The Bertz CT molecular complexity index is 284. The van der Waals surface area contributed by atoms with Crippen molar-refractivity contribution in [3.05, 3.63) is 0 Å². The predicted octanol–water partition coefficient (Wildman–Crippen LogP) is -2.42. The van der Waals surface area contributed by atoms with Crippen LogP contribution in [0.3, 0.4) is 0 Å². The molecule has 1 rings (SSSR count). The molecule has 7 heteroatoms. The Hall–Kier alpha value is 1.02. The van der Waals surface area contributed by atoms with Crippen LogP contribution in [-0.2, 0) is 10.1 Å². The van der Waals surface area contributed by atoms with Gasteiger partial charge in [-0.25, -0.2) is 8.42 Å². The van der Waals surface area contributed by atoms with Gasteiger partial charge >= 0.3 is 56.6 Å². The second-order valence-electron chi connectivity index (χ2n) is 3.22. The molecule has 1 fully saturated rings. The maximum Gasteiger partial charge on any atom is 1.00 e. The Morgan fingerprint density at radius 3 is 2.14 bits per heavy atom. The molecule has 0 unspecified atom stereocenters. The van der Waals surface area contributed by atoms with Crippen LogP contribution in [0.2, 0.25) is 0 Å². The molecule has 0 aromatic rings. The van der Waals surface area contributed by atoms with E-state index in [1.807, 2.05) is 0 Å². The maximum absolute atomic E-state index is 10.7. The summed E-state index contributed by atoms with van der Waals surface area (Å²) in [7, 11) is -4.80. The first-order valence-corrected chi connectivity index (χ1v) is 5.67. The van der Waals surface area contributed by atoms with E-state index >= 15 is 0 Å². The molecular formula is C7H12KNO4S. The molecular weight excluding hydrogens is 233 g/mol. The summed E-state index contributed by atoms with van der Waals surface area (Å²) < 4.78 is 30.7. The predicted molar refractivity (Wildman–Crippen MR) is 45.1 cm³/mol. The third-order valence-corrected chi connectivity index (χ3v) is 2.73. The Labute approximate surface area is 126 Å². The summed E-state index contributed by atoms with van der Waals surface area (Å²) in [5.41, 5.74) is 0. The van der Waals surface area contributed by atoms with Crippen molar-refractivity contribution in [2.45, 2.75) is 38.1 Å². The van der Waals surface area contributed by atoms with Gasteiger partial charge in [-0.15, -0.1) is 0 Å². The van der Waals surface area contributed by atoms with Crippen LogP contribution in [0, 0.1) is 0 Å². The van der Waals surface area contributed by atoms with E-state index < -0.39 is 15.4 Å². The first-order chi connectivity index (χ1) is 6.00. The van der Waals surface area contributed by atoms with Crippen molar-refractivity contribution < 1.29 is 69.1 Å². The maximum atomic E-state index is 10.7. The van der Waals surface area contributed by atoms with Gasteiger partial charge in [0.15, 0.2) is 10.1 Å². The third-order valence-electron chi connectivity index (χ3n) is 2.15. The molecule has 0 aromatic heterocycles.